The average molecular weight is 418 g/mol. The largest absolute Gasteiger partial charge is 0.383 e. The highest BCUT2D eigenvalue weighted by molar-refractivity contribution is 14.0. The van der Waals surface area contributed by atoms with Crippen LogP contribution in [0.1, 0.15) is 12.7 Å². The van der Waals surface area contributed by atoms with Crippen LogP contribution in [0.15, 0.2) is 29.4 Å². The minimum Gasteiger partial charge on any atom is -0.383 e. The second-order valence-electron chi connectivity index (χ2n) is 4.79. The highest BCUT2D eigenvalue weighted by Gasteiger charge is 2.06. The second-order valence-corrected chi connectivity index (χ2v) is 4.79. The first-order chi connectivity index (χ1) is 10.2. The summed E-state index contributed by atoms with van der Waals surface area (Å²) in [4.78, 5) is 4.19. The van der Waals surface area contributed by atoms with Gasteiger partial charge in [0.05, 0.1) is 6.61 Å². The van der Waals surface area contributed by atoms with Gasteiger partial charge in [0.1, 0.15) is 5.82 Å². The predicted molar refractivity (Wildman–Crippen MR) is 97.9 cm³/mol. The molecule has 0 fully saturated rings. The molecule has 0 saturated carbocycles. The minimum absolute atomic E-state index is 0. The van der Waals surface area contributed by atoms with Gasteiger partial charge in [-0.05, 0) is 19.1 Å². The molecule has 22 heavy (non-hydrogen) atoms. The summed E-state index contributed by atoms with van der Waals surface area (Å²) in [5.41, 5.74) is 0.865. The van der Waals surface area contributed by atoms with Crippen molar-refractivity contribution in [3.63, 3.8) is 0 Å². The van der Waals surface area contributed by atoms with Crippen molar-refractivity contribution in [1.29, 1.82) is 0 Å². The van der Waals surface area contributed by atoms with E-state index in [0.29, 0.717) is 6.61 Å². The number of ether oxygens (including phenoxy) is 1. The lowest BCUT2D eigenvalue weighted by molar-refractivity contribution is 0.179. The van der Waals surface area contributed by atoms with Gasteiger partial charge in [-0.3, -0.25) is 9.39 Å². The van der Waals surface area contributed by atoms with Gasteiger partial charge in [-0.25, -0.2) is 0 Å². The molecule has 7 nitrogen and oxygen atoms in total. The van der Waals surface area contributed by atoms with Crippen molar-refractivity contribution in [2.45, 2.75) is 19.4 Å². The molecular weight excluding hydrogens is 395 g/mol. The number of fused-ring (bicyclic) bond motifs is 1. The lowest BCUT2D eigenvalue weighted by Gasteiger charge is -2.16. The molecule has 0 aliphatic carbocycles. The first-order valence-electron chi connectivity index (χ1n) is 6.99. The zero-order valence-electron chi connectivity index (χ0n) is 13.1. The van der Waals surface area contributed by atoms with E-state index < -0.39 is 0 Å². The second kappa shape index (κ2) is 9.57. The number of hydrogen-bond donors (Lipinski definition) is 2. The fourth-order valence-corrected chi connectivity index (χ4v) is 2.07. The van der Waals surface area contributed by atoms with E-state index in [-0.39, 0.29) is 30.0 Å². The van der Waals surface area contributed by atoms with Crippen LogP contribution in [0.5, 0.6) is 0 Å². The predicted octanol–water partition coefficient (Wildman–Crippen LogP) is 1.09. The Labute approximate surface area is 147 Å². The van der Waals surface area contributed by atoms with Crippen LogP contribution in [0.2, 0.25) is 0 Å². The quantitative estimate of drug-likeness (QED) is 0.418. The Balaban J connectivity index is 0.00000242. The molecule has 0 bridgehead atoms. The van der Waals surface area contributed by atoms with Crippen molar-refractivity contribution in [3.05, 3.63) is 30.2 Å². The van der Waals surface area contributed by atoms with E-state index in [9.17, 15) is 0 Å². The molecular formula is C14H23IN6O. The third kappa shape index (κ3) is 5.09. The number of hydrogen-bond acceptors (Lipinski definition) is 4. The molecule has 0 aliphatic heterocycles. The molecule has 0 saturated heterocycles. The van der Waals surface area contributed by atoms with Crippen LogP contribution < -0.4 is 10.6 Å². The van der Waals surface area contributed by atoms with Crippen molar-refractivity contribution in [2.75, 3.05) is 27.3 Å². The van der Waals surface area contributed by atoms with E-state index in [0.717, 1.165) is 30.4 Å². The topological polar surface area (TPSA) is 75.8 Å². The molecule has 8 heteroatoms. The number of aliphatic imine (C=N–C) groups is 1. The van der Waals surface area contributed by atoms with Gasteiger partial charge in [-0.15, -0.1) is 34.2 Å². The zero-order valence-corrected chi connectivity index (χ0v) is 15.4. The zero-order chi connectivity index (χ0) is 15.1. The fraction of sp³-hybridized carbons (Fsp3) is 0.500. The number of guanidine groups is 1. The lowest BCUT2D eigenvalue weighted by Crippen LogP contribution is -2.44. The number of pyridine rings is 1. The van der Waals surface area contributed by atoms with Gasteiger partial charge in [0.25, 0.3) is 0 Å². The lowest BCUT2D eigenvalue weighted by atomic mass is 10.3. The molecule has 2 heterocycles. The molecule has 0 radical (unpaired) electrons. The summed E-state index contributed by atoms with van der Waals surface area (Å²) in [7, 11) is 3.44. The Morgan fingerprint density at radius 3 is 2.95 bits per heavy atom. The van der Waals surface area contributed by atoms with Crippen molar-refractivity contribution >= 4 is 35.6 Å². The van der Waals surface area contributed by atoms with E-state index in [1.165, 1.54) is 0 Å². The number of halogens is 1. The Bertz CT molecular complexity index is 600. The van der Waals surface area contributed by atoms with Crippen molar-refractivity contribution in [1.82, 2.24) is 25.2 Å². The highest BCUT2D eigenvalue weighted by Crippen LogP contribution is 2.02. The Kier molecular flexibility index (Phi) is 8.10. The molecule has 1 atom stereocenters. The van der Waals surface area contributed by atoms with Crippen LogP contribution in [0.4, 0.5) is 0 Å². The molecule has 0 aliphatic rings. The van der Waals surface area contributed by atoms with Gasteiger partial charge >= 0.3 is 0 Å². The van der Waals surface area contributed by atoms with Crippen molar-refractivity contribution < 1.29 is 4.74 Å². The SMILES string of the molecule is CN=C(NCCc1nnc2ccccn12)NC(C)COC.I. The fourth-order valence-electron chi connectivity index (χ4n) is 2.07. The standard InChI is InChI=1S/C14H22N6O.HI/c1-11(10-21-3)17-14(15-2)16-8-7-13-19-18-12-6-4-5-9-20(12)13;/h4-6,9,11H,7-8,10H2,1-3H3,(H2,15,16,17);1H. The summed E-state index contributed by atoms with van der Waals surface area (Å²) in [5.74, 6) is 1.69. The highest BCUT2D eigenvalue weighted by atomic mass is 127. The maximum Gasteiger partial charge on any atom is 0.191 e. The molecule has 2 aromatic rings. The van der Waals surface area contributed by atoms with Crippen molar-refractivity contribution in [2.24, 2.45) is 4.99 Å². The van der Waals surface area contributed by atoms with Gasteiger partial charge < -0.3 is 15.4 Å². The van der Waals surface area contributed by atoms with Crippen LogP contribution in [0, 0.1) is 0 Å². The molecule has 1 unspecified atom stereocenters. The van der Waals surface area contributed by atoms with Crippen LogP contribution in [-0.4, -0.2) is 53.9 Å². The van der Waals surface area contributed by atoms with Crippen LogP contribution in [-0.2, 0) is 11.2 Å². The Morgan fingerprint density at radius 1 is 1.41 bits per heavy atom. The third-order valence-electron chi connectivity index (χ3n) is 3.05. The van der Waals surface area contributed by atoms with E-state index >= 15 is 0 Å². The van der Waals surface area contributed by atoms with Crippen molar-refractivity contribution in [3.8, 4) is 0 Å². The summed E-state index contributed by atoms with van der Waals surface area (Å²) < 4.78 is 7.09. The summed E-state index contributed by atoms with van der Waals surface area (Å²) >= 11 is 0. The molecule has 2 N–H and O–H groups in total. The monoisotopic (exact) mass is 418 g/mol. The number of nitrogens with zero attached hydrogens (tertiary/aromatic N) is 4. The number of aromatic nitrogens is 3. The molecule has 0 amide bonds. The Hall–Kier alpha value is -1.42. The number of rotatable bonds is 6. The van der Waals surface area contributed by atoms with Crippen LogP contribution in [0.25, 0.3) is 5.65 Å². The molecule has 2 aromatic heterocycles. The minimum atomic E-state index is 0. The summed E-state index contributed by atoms with van der Waals surface area (Å²) in [6, 6.07) is 6.07. The first-order valence-corrected chi connectivity index (χ1v) is 6.99. The number of nitrogens with one attached hydrogen (secondary N) is 2. The van der Waals surface area contributed by atoms with Gasteiger partial charge in [-0.1, -0.05) is 6.07 Å². The summed E-state index contributed by atoms with van der Waals surface area (Å²) in [6.07, 6.45) is 2.74. The van der Waals surface area contributed by atoms with Crippen LogP contribution in [0.3, 0.4) is 0 Å². The van der Waals surface area contributed by atoms with Gasteiger partial charge in [0, 0.05) is 39.4 Å². The molecule has 0 aromatic carbocycles. The van der Waals surface area contributed by atoms with Gasteiger partial charge in [0.15, 0.2) is 11.6 Å². The number of methoxy groups -OCH3 is 1. The maximum absolute atomic E-state index is 5.09. The Morgan fingerprint density at radius 2 is 2.23 bits per heavy atom. The average Bonchev–Trinajstić information content (AvgIpc) is 2.90. The normalized spacial score (nSPS) is 12.8. The molecule has 122 valence electrons. The van der Waals surface area contributed by atoms with E-state index in [2.05, 4.69) is 25.8 Å². The van der Waals surface area contributed by atoms with E-state index in [1.807, 2.05) is 35.7 Å². The summed E-state index contributed by atoms with van der Waals surface area (Å²) in [5, 5.41) is 14.9. The van der Waals surface area contributed by atoms with Gasteiger partial charge in [-0.2, -0.15) is 0 Å². The van der Waals surface area contributed by atoms with Crippen LogP contribution >= 0.6 is 24.0 Å². The third-order valence-corrected chi connectivity index (χ3v) is 3.05. The van der Waals surface area contributed by atoms with Gasteiger partial charge in [0.2, 0.25) is 0 Å². The van der Waals surface area contributed by atoms with E-state index in [4.69, 9.17) is 4.74 Å². The molecule has 0 spiro atoms. The molecule has 2 rings (SSSR count). The maximum atomic E-state index is 5.09. The first kappa shape index (κ1) is 18.6. The smallest absolute Gasteiger partial charge is 0.191 e. The van der Waals surface area contributed by atoms with E-state index in [1.54, 1.807) is 14.2 Å². The summed E-state index contributed by atoms with van der Waals surface area (Å²) in [6.45, 7) is 3.41.